The Morgan fingerprint density at radius 3 is 2.73 bits per heavy atom. The number of nitrogens with one attached hydrogen (secondary N) is 2. The Balaban J connectivity index is 1.35. The zero-order valence-corrected chi connectivity index (χ0v) is 19.9. The summed E-state index contributed by atoms with van der Waals surface area (Å²) in [6.45, 7) is 1.13. The third-order valence-corrected chi connectivity index (χ3v) is 6.78. The Morgan fingerprint density at radius 1 is 1.24 bits per heavy atom. The topological polar surface area (TPSA) is 77.4 Å². The van der Waals surface area contributed by atoms with Gasteiger partial charge in [0.1, 0.15) is 0 Å². The maximum atomic E-state index is 11.4. The van der Waals surface area contributed by atoms with Crippen molar-refractivity contribution in [3.63, 3.8) is 0 Å². The lowest BCUT2D eigenvalue weighted by Gasteiger charge is -2.28. The van der Waals surface area contributed by atoms with Gasteiger partial charge >= 0.3 is 6.03 Å². The van der Waals surface area contributed by atoms with Crippen molar-refractivity contribution in [2.75, 3.05) is 24.7 Å². The lowest BCUT2D eigenvalue weighted by atomic mass is 10.0. The smallest absolute Gasteiger partial charge is 0.318 e. The van der Waals surface area contributed by atoms with Crippen molar-refractivity contribution in [3.8, 4) is 0 Å². The second-order valence-electron chi connectivity index (χ2n) is 7.86. The van der Waals surface area contributed by atoms with Gasteiger partial charge in [0.15, 0.2) is 5.79 Å². The third kappa shape index (κ3) is 6.74. The molecular formula is C24H27ClN4O3S. The molecule has 2 amide bonds. The first kappa shape index (κ1) is 23.6. The number of imidazole rings is 1. The number of nitrogens with zero attached hydrogens (tertiary/aromatic N) is 2. The molecule has 0 spiro atoms. The third-order valence-electron chi connectivity index (χ3n) is 5.38. The highest BCUT2D eigenvalue weighted by Gasteiger charge is 2.41. The highest BCUT2D eigenvalue weighted by molar-refractivity contribution is 7.99. The Morgan fingerprint density at radius 2 is 2.03 bits per heavy atom. The number of amides is 2. The van der Waals surface area contributed by atoms with Crippen molar-refractivity contribution in [2.24, 2.45) is 0 Å². The second-order valence-corrected chi connectivity index (χ2v) is 9.39. The predicted octanol–water partition coefficient (Wildman–Crippen LogP) is 4.82. The molecule has 4 rings (SSSR count). The van der Waals surface area contributed by atoms with Crippen molar-refractivity contribution >= 4 is 35.1 Å². The van der Waals surface area contributed by atoms with Gasteiger partial charge in [-0.3, -0.25) is 0 Å². The molecule has 0 aliphatic carbocycles. The van der Waals surface area contributed by atoms with Gasteiger partial charge in [0, 0.05) is 47.2 Å². The molecule has 2 unspecified atom stereocenters. The van der Waals surface area contributed by atoms with Crippen molar-refractivity contribution < 1.29 is 14.3 Å². The first-order valence-corrected chi connectivity index (χ1v) is 12.1. The van der Waals surface area contributed by atoms with Crippen LogP contribution in [0.15, 0.2) is 72.1 Å². The Kier molecular flexibility index (Phi) is 7.93. The summed E-state index contributed by atoms with van der Waals surface area (Å²) in [4.78, 5) is 16.7. The van der Waals surface area contributed by atoms with Crippen LogP contribution < -0.4 is 10.6 Å². The molecule has 1 aliphatic rings. The van der Waals surface area contributed by atoms with Gasteiger partial charge in [0.25, 0.3) is 0 Å². The number of hydrogen-bond acceptors (Lipinski definition) is 5. The minimum absolute atomic E-state index is 0.0209. The maximum absolute atomic E-state index is 11.4. The molecule has 174 valence electrons. The van der Waals surface area contributed by atoms with Crippen LogP contribution in [0, 0.1) is 0 Å². The van der Waals surface area contributed by atoms with E-state index in [0.29, 0.717) is 13.2 Å². The van der Waals surface area contributed by atoms with Crippen LogP contribution in [0.2, 0.25) is 5.02 Å². The van der Waals surface area contributed by atoms with E-state index in [1.54, 1.807) is 31.3 Å². The molecule has 33 heavy (non-hydrogen) atoms. The largest absolute Gasteiger partial charge is 0.345 e. The van der Waals surface area contributed by atoms with E-state index >= 15 is 0 Å². The molecule has 7 nitrogen and oxygen atoms in total. The molecule has 2 aromatic carbocycles. The van der Waals surface area contributed by atoms with E-state index in [1.807, 2.05) is 59.3 Å². The Bertz CT molecular complexity index is 1030. The molecule has 0 saturated carbocycles. The number of aromatic nitrogens is 2. The van der Waals surface area contributed by atoms with Gasteiger partial charge in [-0.25, -0.2) is 9.78 Å². The summed E-state index contributed by atoms with van der Waals surface area (Å²) in [6.07, 6.45) is 7.00. The number of anilines is 1. The van der Waals surface area contributed by atoms with E-state index in [1.165, 1.54) is 5.56 Å². The standard InChI is InChI=1S/C24H27ClN4O3S/c1-26-23(30)28-20-6-8-22(9-7-20)33-15-21-14-31-24(32-21,16-29-13-12-27-17-29)11-10-18-2-4-19(25)5-3-18/h2-9,12-13,17,21H,10-11,14-16H2,1H3,(H2,26,28,30). The number of halogens is 1. The van der Waals surface area contributed by atoms with Crippen LogP contribution in [-0.2, 0) is 22.4 Å². The van der Waals surface area contributed by atoms with Crippen molar-refractivity contribution in [2.45, 2.75) is 36.2 Å². The number of ether oxygens (including phenoxy) is 2. The number of aryl methyl sites for hydroxylation is 1. The van der Waals surface area contributed by atoms with Gasteiger partial charge in [0.2, 0.25) is 0 Å². The van der Waals surface area contributed by atoms with Crippen LogP contribution in [0.25, 0.3) is 0 Å². The minimum atomic E-state index is -0.702. The molecule has 2 N–H and O–H groups in total. The number of rotatable bonds is 9. The van der Waals surface area contributed by atoms with Gasteiger partial charge in [-0.2, -0.15) is 0 Å². The quantitative estimate of drug-likeness (QED) is 0.424. The lowest BCUT2D eigenvalue weighted by molar-refractivity contribution is -0.180. The Hall–Kier alpha value is -2.52. The molecule has 1 fully saturated rings. The van der Waals surface area contributed by atoms with Crippen molar-refractivity contribution in [1.29, 1.82) is 0 Å². The van der Waals surface area contributed by atoms with Crippen molar-refractivity contribution in [1.82, 2.24) is 14.9 Å². The summed E-state index contributed by atoms with van der Waals surface area (Å²) >= 11 is 7.73. The van der Waals surface area contributed by atoms with Crippen LogP contribution in [0.4, 0.5) is 10.5 Å². The lowest BCUT2D eigenvalue weighted by Crippen LogP contribution is -2.37. The summed E-state index contributed by atoms with van der Waals surface area (Å²) in [6, 6.07) is 15.4. The summed E-state index contributed by atoms with van der Waals surface area (Å²) in [5.74, 6) is 0.0711. The van der Waals surface area contributed by atoms with Gasteiger partial charge in [-0.1, -0.05) is 23.7 Å². The van der Waals surface area contributed by atoms with E-state index in [-0.39, 0.29) is 12.1 Å². The van der Waals surface area contributed by atoms with E-state index < -0.39 is 5.79 Å². The van der Waals surface area contributed by atoms with Crippen LogP contribution in [0.3, 0.4) is 0 Å². The molecule has 0 radical (unpaired) electrons. The molecule has 9 heteroatoms. The normalized spacial score (nSPS) is 20.0. The number of benzene rings is 2. The average molecular weight is 487 g/mol. The highest BCUT2D eigenvalue weighted by Crippen LogP contribution is 2.33. The highest BCUT2D eigenvalue weighted by atomic mass is 35.5. The molecule has 3 aromatic rings. The minimum Gasteiger partial charge on any atom is -0.345 e. The van der Waals surface area contributed by atoms with E-state index in [2.05, 4.69) is 15.6 Å². The van der Waals surface area contributed by atoms with Crippen LogP contribution in [0.5, 0.6) is 0 Å². The summed E-state index contributed by atoms with van der Waals surface area (Å²) < 4.78 is 14.8. The van der Waals surface area contributed by atoms with Crippen LogP contribution >= 0.6 is 23.4 Å². The number of urea groups is 1. The van der Waals surface area contributed by atoms with Gasteiger partial charge < -0.3 is 24.7 Å². The monoisotopic (exact) mass is 486 g/mol. The summed E-state index contributed by atoms with van der Waals surface area (Å²) in [5, 5.41) is 6.03. The fourth-order valence-electron chi connectivity index (χ4n) is 3.65. The zero-order chi connectivity index (χ0) is 23.1. The van der Waals surface area contributed by atoms with E-state index in [9.17, 15) is 4.79 Å². The van der Waals surface area contributed by atoms with Crippen molar-refractivity contribution in [3.05, 3.63) is 77.8 Å². The molecule has 1 saturated heterocycles. The van der Waals surface area contributed by atoms with Crippen LogP contribution in [0.1, 0.15) is 12.0 Å². The fraction of sp³-hybridized carbons (Fsp3) is 0.333. The molecule has 1 aliphatic heterocycles. The van der Waals surface area contributed by atoms with E-state index in [0.717, 1.165) is 34.2 Å². The van der Waals surface area contributed by atoms with Crippen LogP contribution in [-0.4, -0.2) is 46.9 Å². The summed E-state index contributed by atoms with van der Waals surface area (Å²) in [7, 11) is 1.59. The number of carbonyl (C=O) groups is 1. The SMILES string of the molecule is CNC(=O)Nc1ccc(SCC2COC(CCc3ccc(Cl)cc3)(Cn3ccnc3)O2)cc1. The maximum Gasteiger partial charge on any atom is 0.318 e. The van der Waals surface area contributed by atoms with Gasteiger partial charge in [0.05, 0.1) is 25.6 Å². The fourth-order valence-corrected chi connectivity index (χ4v) is 4.65. The molecular weight excluding hydrogens is 460 g/mol. The first-order valence-electron chi connectivity index (χ1n) is 10.8. The average Bonchev–Trinajstić information content (AvgIpc) is 3.49. The number of thioether (sulfide) groups is 1. The number of carbonyl (C=O) groups excluding carboxylic acids is 1. The molecule has 0 bridgehead atoms. The second kappa shape index (κ2) is 11.1. The Labute approximate surface area is 202 Å². The molecule has 1 aromatic heterocycles. The first-order chi connectivity index (χ1) is 16.0. The van der Waals surface area contributed by atoms with Gasteiger partial charge in [-0.15, -0.1) is 11.8 Å². The molecule has 2 heterocycles. The van der Waals surface area contributed by atoms with E-state index in [4.69, 9.17) is 21.1 Å². The predicted molar refractivity (Wildman–Crippen MR) is 131 cm³/mol. The zero-order valence-electron chi connectivity index (χ0n) is 18.4. The summed E-state index contributed by atoms with van der Waals surface area (Å²) in [5.41, 5.74) is 1.94. The van der Waals surface area contributed by atoms with Gasteiger partial charge in [-0.05, 0) is 48.4 Å². The number of hydrogen-bond donors (Lipinski definition) is 2. The molecule has 2 atom stereocenters.